The van der Waals surface area contributed by atoms with Gasteiger partial charge in [0.2, 0.25) is 0 Å². The van der Waals surface area contributed by atoms with E-state index in [1.165, 1.54) is 0 Å². The van der Waals surface area contributed by atoms with E-state index in [1.54, 1.807) is 10.9 Å². The van der Waals surface area contributed by atoms with E-state index in [1.807, 2.05) is 37.3 Å². The van der Waals surface area contributed by atoms with E-state index in [4.69, 9.17) is 0 Å². The highest BCUT2D eigenvalue weighted by atomic mass is 35.5. The van der Waals surface area contributed by atoms with Gasteiger partial charge in [0.05, 0.1) is 23.0 Å². The van der Waals surface area contributed by atoms with Crippen LogP contribution in [0, 0.1) is 12.8 Å². The molecule has 10 heteroatoms. The highest BCUT2D eigenvalue weighted by molar-refractivity contribution is 5.94. The van der Waals surface area contributed by atoms with Gasteiger partial charge >= 0.3 is 0 Å². The maximum absolute atomic E-state index is 12.5. The molecule has 0 saturated carbocycles. The van der Waals surface area contributed by atoms with Gasteiger partial charge in [0.15, 0.2) is 5.69 Å². The molecular weight excluding hydrogens is 403 g/mol. The fraction of sp³-hybridized carbons (Fsp3) is 0.333. The molecule has 3 N–H and O–H groups in total. The Bertz CT molecular complexity index is 959. The first-order chi connectivity index (χ1) is 12.6. The van der Waals surface area contributed by atoms with Gasteiger partial charge in [0.25, 0.3) is 5.91 Å². The van der Waals surface area contributed by atoms with Gasteiger partial charge < -0.3 is 15.7 Å². The zero-order valence-corrected chi connectivity index (χ0v) is 16.8. The molecule has 1 saturated heterocycles. The van der Waals surface area contributed by atoms with E-state index in [2.05, 4.69) is 25.9 Å². The summed E-state index contributed by atoms with van der Waals surface area (Å²) >= 11 is 0. The van der Waals surface area contributed by atoms with Crippen LogP contribution in [0.1, 0.15) is 16.2 Å². The molecule has 4 rings (SSSR count). The topological polar surface area (TPSA) is 105 Å². The van der Waals surface area contributed by atoms with Crippen LogP contribution < -0.4 is 10.6 Å². The summed E-state index contributed by atoms with van der Waals surface area (Å²) in [4.78, 5) is 16.8. The second-order valence-corrected chi connectivity index (χ2v) is 6.48. The van der Waals surface area contributed by atoms with Gasteiger partial charge in [-0.15, -0.1) is 29.9 Å². The zero-order chi connectivity index (χ0) is 18.1. The van der Waals surface area contributed by atoms with Crippen LogP contribution in [0.4, 0.5) is 0 Å². The lowest BCUT2D eigenvalue weighted by Gasteiger charge is -2.13. The Kier molecular flexibility index (Phi) is 7.31. The Balaban J connectivity index is 0.00000140. The third-order valence-electron chi connectivity index (χ3n) is 4.79. The Hall–Kier alpha value is -2.26. The Morgan fingerprint density at radius 3 is 2.86 bits per heavy atom. The molecule has 0 aliphatic carbocycles. The van der Waals surface area contributed by atoms with Gasteiger partial charge in [0.1, 0.15) is 0 Å². The fourth-order valence-corrected chi connectivity index (χ4v) is 3.27. The van der Waals surface area contributed by atoms with Crippen LogP contribution in [0.15, 0.2) is 36.5 Å². The number of aliphatic hydroxyl groups is 1. The number of rotatable bonds is 4. The number of nitrogens with zero attached hydrogens (tertiary/aromatic N) is 4. The lowest BCUT2D eigenvalue weighted by atomic mass is 10.1. The number of pyridine rings is 1. The number of β-amino-alcohol motifs (C(OH)–C–C–N with tert-alkyl or cyclic N) is 1. The minimum atomic E-state index is -0.435. The number of carbonyl (C=O) groups excluding carboxylic acids is 1. The summed E-state index contributed by atoms with van der Waals surface area (Å²) in [6.07, 6.45) is 1.31. The number of fused-ring (bicyclic) bond motifs is 1. The average Bonchev–Trinajstić information content (AvgIpc) is 3.24. The number of carbonyl (C=O) groups is 1. The molecule has 1 aromatic carbocycles. The van der Waals surface area contributed by atoms with Crippen LogP contribution in [0.2, 0.25) is 0 Å². The van der Waals surface area contributed by atoms with Crippen molar-refractivity contribution >= 4 is 41.6 Å². The quantitative estimate of drug-likeness (QED) is 0.582. The average molecular weight is 425 g/mol. The molecule has 1 aliphatic heterocycles. The maximum Gasteiger partial charge on any atom is 0.273 e. The van der Waals surface area contributed by atoms with Crippen LogP contribution in [-0.4, -0.2) is 56.7 Å². The molecule has 1 amide bonds. The van der Waals surface area contributed by atoms with Crippen molar-refractivity contribution in [1.82, 2.24) is 30.6 Å². The normalized spacial score (nSPS) is 18.4. The number of aromatic nitrogens is 4. The SMILES string of the molecule is Cc1c(C(=O)NCC2CNCC2O)nnn1-c1cccc2ncccc12.Cl.Cl. The van der Waals surface area contributed by atoms with Gasteiger partial charge in [-0.3, -0.25) is 9.78 Å². The van der Waals surface area contributed by atoms with E-state index in [0.717, 1.165) is 16.6 Å². The highest BCUT2D eigenvalue weighted by Gasteiger charge is 2.26. The summed E-state index contributed by atoms with van der Waals surface area (Å²) in [5, 5.41) is 24.9. The largest absolute Gasteiger partial charge is 0.391 e. The third kappa shape index (κ3) is 4.10. The molecule has 0 bridgehead atoms. The molecular formula is C18H22Cl2N6O2. The monoisotopic (exact) mass is 424 g/mol. The number of hydrogen-bond acceptors (Lipinski definition) is 6. The van der Waals surface area contributed by atoms with Gasteiger partial charge in [-0.05, 0) is 31.2 Å². The molecule has 3 aromatic rings. The molecule has 1 aliphatic rings. The molecule has 3 heterocycles. The van der Waals surface area contributed by atoms with Crippen LogP contribution in [0.5, 0.6) is 0 Å². The van der Waals surface area contributed by atoms with Crippen molar-refractivity contribution in [3.8, 4) is 5.69 Å². The van der Waals surface area contributed by atoms with Gasteiger partial charge in [-0.1, -0.05) is 11.3 Å². The van der Waals surface area contributed by atoms with Crippen molar-refractivity contribution in [2.75, 3.05) is 19.6 Å². The van der Waals surface area contributed by atoms with Crippen molar-refractivity contribution in [3.05, 3.63) is 47.9 Å². The first kappa shape index (κ1) is 22.0. The number of aliphatic hydroxyl groups excluding tert-OH is 1. The number of halogens is 2. The smallest absolute Gasteiger partial charge is 0.273 e. The Morgan fingerprint density at radius 2 is 2.11 bits per heavy atom. The molecule has 28 heavy (non-hydrogen) atoms. The standard InChI is InChI=1S/C18H20N6O2.2ClH/c1-11-17(18(26)21-9-12-8-19-10-16(12)25)22-23-24(11)15-6-2-5-14-13(15)4-3-7-20-14;;/h2-7,12,16,19,25H,8-10H2,1H3,(H,21,26);2*1H. The van der Waals surface area contributed by atoms with Crippen LogP contribution in [0.25, 0.3) is 16.6 Å². The molecule has 1 fully saturated rings. The lowest BCUT2D eigenvalue weighted by molar-refractivity contribution is 0.0921. The van der Waals surface area contributed by atoms with E-state index < -0.39 is 6.10 Å². The Labute approximate surface area is 174 Å². The number of benzene rings is 1. The first-order valence-electron chi connectivity index (χ1n) is 8.58. The molecule has 150 valence electrons. The summed E-state index contributed by atoms with van der Waals surface area (Å²) in [5.74, 6) is -0.273. The van der Waals surface area contributed by atoms with E-state index in [0.29, 0.717) is 25.3 Å². The predicted molar refractivity (Wildman–Crippen MR) is 111 cm³/mol. The molecule has 2 atom stereocenters. The fourth-order valence-electron chi connectivity index (χ4n) is 3.27. The van der Waals surface area contributed by atoms with Crippen LogP contribution in [-0.2, 0) is 0 Å². The highest BCUT2D eigenvalue weighted by Crippen LogP contribution is 2.21. The summed E-state index contributed by atoms with van der Waals surface area (Å²) in [5.41, 5.74) is 2.62. The Morgan fingerprint density at radius 1 is 1.29 bits per heavy atom. The molecule has 2 unspecified atom stereocenters. The maximum atomic E-state index is 12.5. The third-order valence-corrected chi connectivity index (χ3v) is 4.79. The van der Waals surface area contributed by atoms with E-state index in [9.17, 15) is 9.90 Å². The molecule has 0 radical (unpaired) electrons. The van der Waals surface area contributed by atoms with Crippen molar-refractivity contribution in [2.45, 2.75) is 13.0 Å². The minimum absolute atomic E-state index is 0. The van der Waals surface area contributed by atoms with Crippen molar-refractivity contribution < 1.29 is 9.90 Å². The van der Waals surface area contributed by atoms with Crippen molar-refractivity contribution in [1.29, 1.82) is 0 Å². The number of amides is 1. The van der Waals surface area contributed by atoms with Crippen molar-refractivity contribution in [3.63, 3.8) is 0 Å². The summed E-state index contributed by atoms with van der Waals surface area (Å²) < 4.78 is 1.66. The van der Waals surface area contributed by atoms with E-state index >= 15 is 0 Å². The first-order valence-corrected chi connectivity index (χ1v) is 8.58. The van der Waals surface area contributed by atoms with Gasteiger partial charge in [-0.25, -0.2) is 4.68 Å². The zero-order valence-electron chi connectivity index (χ0n) is 15.2. The molecule has 0 spiro atoms. The van der Waals surface area contributed by atoms with Crippen LogP contribution in [0.3, 0.4) is 0 Å². The number of hydrogen-bond donors (Lipinski definition) is 3. The molecule has 2 aromatic heterocycles. The van der Waals surface area contributed by atoms with Crippen molar-refractivity contribution in [2.24, 2.45) is 5.92 Å². The van der Waals surface area contributed by atoms with Gasteiger partial charge in [-0.2, -0.15) is 0 Å². The summed E-state index contributed by atoms with van der Waals surface area (Å²) in [7, 11) is 0. The van der Waals surface area contributed by atoms with E-state index in [-0.39, 0.29) is 42.3 Å². The van der Waals surface area contributed by atoms with Gasteiger partial charge in [0, 0.05) is 37.1 Å². The second-order valence-electron chi connectivity index (χ2n) is 6.48. The minimum Gasteiger partial charge on any atom is -0.391 e. The summed E-state index contributed by atoms with van der Waals surface area (Å²) in [6, 6.07) is 9.59. The van der Waals surface area contributed by atoms with Crippen LogP contribution >= 0.6 is 24.8 Å². The molecule has 8 nitrogen and oxygen atoms in total. The lowest BCUT2D eigenvalue weighted by Crippen LogP contribution is -2.34. The summed E-state index contributed by atoms with van der Waals surface area (Å²) in [6.45, 7) is 3.47. The predicted octanol–water partition coefficient (Wildman–Crippen LogP) is 1.28. The second kappa shape index (κ2) is 9.29. The number of nitrogens with one attached hydrogen (secondary N) is 2.